The van der Waals surface area contributed by atoms with Crippen LogP contribution in [0.5, 0.6) is 0 Å². The molecule has 0 fully saturated rings. The Morgan fingerprint density at radius 2 is 2.00 bits per heavy atom. The van der Waals surface area contributed by atoms with Crippen molar-refractivity contribution >= 4 is 28.8 Å². The summed E-state index contributed by atoms with van der Waals surface area (Å²) in [5.41, 5.74) is 8.61. The van der Waals surface area contributed by atoms with Crippen molar-refractivity contribution in [2.45, 2.75) is 0 Å². The highest BCUT2D eigenvalue weighted by Gasteiger charge is 2.17. The quantitative estimate of drug-likeness (QED) is 0.753. The summed E-state index contributed by atoms with van der Waals surface area (Å²) in [4.78, 5) is 4.94. The van der Waals surface area contributed by atoms with E-state index < -0.39 is 0 Å². The van der Waals surface area contributed by atoms with Gasteiger partial charge < -0.3 is 5.73 Å². The van der Waals surface area contributed by atoms with E-state index in [1.165, 1.54) is 0 Å². The first-order valence-electron chi connectivity index (χ1n) is 5.25. The fourth-order valence-electron chi connectivity index (χ4n) is 1.80. The van der Waals surface area contributed by atoms with E-state index >= 15 is 0 Å². The third kappa shape index (κ3) is 1.77. The predicted molar refractivity (Wildman–Crippen MR) is 74.6 cm³/mol. The zero-order valence-electron chi connectivity index (χ0n) is 9.22. The molecule has 3 aromatic rings. The third-order valence-corrected chi connectivity index (χ3v) is 3.97. The van der Waals surface area contributed by atoms with Crippen LogP contribution in [0, 0.1) is 0 Å². The summed E-state index contributed by atoms with van der Waals surface area (Å²) in [6, 6.07) is 5.65. The van der Waals surface area contributed by atoms with Crippen LogP contribution in [0.4, 0.5) is 5.82 Å². The Bertz CT molecular complexity index is 674. The molecule has 0 spiro atoms. The third-order valence-electron chi connectivity index (χ3n) is 2.61. The fourth-order valence-corrected chi connectivity index (χ4v) is 2.96. The molecular weight excluding hydrogens is 268 g/mol. The molecule has 90 valence electrons. The van der Waals surface area contributed by atoms with Gasteiger partial charge in [0.15, 0.2) is 5.82 Å². The van der Waals surface area contributed by atoms with Gasteiger partial charge in [-0.3, -0.25) is 10.1 Å². The second-order valence-electron chi connectivity index (χ2n) is 3.69. The van der Waals surface area contributed by atoms with E-state index in [9.17, 15) is 0 Å². The van der Waals surface area contributed by atoms with Crippen LogP contribution >= 0.6 is 22.9 Å². The number of anilines is 1. The Morgan fingerprint density at radius 3 is 2.67 bits per heavy atom. The van der Waals surface area contributed by atoms with E-state index in [2.05, 4.69) is 15.2 Å². The SMILES string of the molecule is Nc1n[nH]c(-c2sccc2Cl)c1-c1ccncc1. The Morgan fingerprint density at radius 1 is 1.22 bits per heavy atom. The minimum atomic E-state index is 0.459. The van der Waals surface area contributed by atoms with Crippen LogP contribution in [-0.2, 0) is 0 Å². The summed E-state index contributed by atoms with van der Waals surface area (Å²) in [7, 11) is 0. The highest BCUT2D eigenvalue weighted by atomic mass is 35.5. The molecule has 0 aliphatic rings. The lowest BCUT2D eigenvalue weighted by molar-refractivity contribution is 1.11. The maximum absolute atomic E-state index is 6.15. The van der Waals surface area contributed by atoms with E-state index in [4.69, 9.17) is 17.3 Å². The lowest BCUT2D eigenvalue weighted by atomic mass is 10.1. The lowest BCUT2D eigenvalue weighted by Crippen LogP contribution is -1.88. The smallest absolute Gasteiger partial charge is 0.153 e. The molecule has 0 bridgehead atoms. The molecule has 0 atom stereocenters. The van der Waals surface area contributed by atoms with Gasteiger partial charge in [0.25, 0.3) is 0 Å². The van der Waals surface area contributed by atoms with Crippen molar-refractivity contribution in [3.05, 3.63) is 41.0 Å². The molecule has 18 heavy (non-hydrogen) atoms. The number of hydrogen-bond acceptors (Lipinski definition) is 4. The van der Waals surface area contributed by atoms with Crippen molar-refractivity contribution in [2.75, 3.05) is 5.73 Å². The molecule has 0 aromatic carbocycles. The number of rotatable bonds is 2. The van der Waals surface area contributed by atoms with Gasteiger partial charge in [0, 0.05) is 12.4 Å². The number of aromatic nitrogens is 3. The van der Waals surface area contributed by atoms with Gasteiger partial charge in [-0.15, -0.1) is 11.3 Å². The van der Waals surface area contributed by atoms with Crippen molar-refractivity contribution in [3.63, 3.8) is 0 Å². The van der Waals surface area contributed by atoms with Gasteiger partial charge in [-0.2, -0.15) is 5.10 Å². The first-order chi connectivity index (χ1) is 8.77. The number of nitrogens with two attached hydrogens (primary N) is 1. The van der Waals surface area contributed by atoms with Crippen LogP contribution in [0.15, 0.2) is 36.0 Å². The molecule has 0 saturated carbocycles. The lowest BCUT2D eigenvalue weighted by Gasteiger charge is -2.02. The molecular formula is C12H9ClN4S. The Balaban J connectivity index is 2.22. The highest BCUT2D eigenvalue weighted by Crippen LogP contribution is 2.40. The number of hydrogen-bond donors (Lipinski definition) is 2. The van der Waals surface area contributed by atoms with Gasteiger partial charge in [0.2, 0.25) is 0 Å². The number of halogens is 1. The summed E-state index contributed by atoms with van der Waals surface area (Å²) in [6.07, 6.45) is 3.45. The fraction of sp³-hybridized carbons (Fsp3) is 0. The zero-order chi connectivity index (χ0) is 12.5. The second kappa shape index (κ2) is 4.44. The zero-order valence-corrected chi connectivity index (χ0v) is 10.8. The van der Waals surface area contributed by atoms with Crippen LogP contribution in [0.2, 0.25) is 5.02 Å². The van der Waals surface area contributed by atoms with Gasteiger partial charge in [-0.1, -0.05) is 11.6 Å². The summed E-state index contributed by atoms with van der Waals surface area (Å²) < 4.78 is 0. The normalized spacial score (nSPS) is 10.7. The molecule has 0 saturated heterocycles. The highest BCUT2D eigenvalue weighted by molar-refractivity contribution is 7.14. The first kappa shape index (κ1) is 11.3. The molecule has 3 aromatic heterocycles. The molecule has 4 nitrogen and oxygen atoms in total. The molecule has 0 aliphatic carbocycles. The number of pyridine rings is 1. The number of thiophene rings is 1. The molecule has 0 aliphatic heterocycles. The molecule has 3 rings (SSSR count). The standard InChI is InChI=1S/C12H9ClN4S/c13-8-3-6-18-11(8)10-9(12(14)17-16-10)7-1-4-15-5-2-7/h1-6H,(H3,14,16,17). The maximum Gasteiger partial charge on any atom is 0.153 e. The van der Waals surface area contributed by atoms with Gasteiger partial charge in [-0.25, -0.2) is 0 Å². The van der Waals surface area contributed by atoms with Crippen molar-refractivity contribution < 1.29 is 0 Å². The number of nitrogens with zero attached hydrogens (tertiary/aromatic N) is 2. The van der Waals surface area contributed by atoms with E-state index in [1.54, 1.807) is 23.7 Å². The van der Waals surface area contributed by atoms with Crippen LogP contribution in [-0.4, -0.2) is 15.2 Å². The van der Waals surface area contributed by atoms with Crippen molar-refractivity contribution in [1.82, 2.24) is 15.2 Å². The topological polar surface area (TPSA) is 67.6 Å². The van der Waals surface area contributed by atoms with E-state index in [0.29, 0.717) is 10.8 Å². The number of nitrogens with one attached hydrogen (secondary N) is 1. The van der Waals surface area contributed by atoms with Gasteiger partial charge in [-0.05, 0) is 29.1 Å². The Labute approximate surface area is 112 Å². The van der Waals surface area contributed by atoms with E-state index in [-0.39, 0.29) is 0 Å². The first-order valence-corrected chi connectivity index (χ1v) is 6.50. The van der Waals surface area contributed by atoms with Crippen LogP contribution in [0.25, 0.3) is 21.7 Å². The molecule has 0 unspecified atom stereocenters. The van der Waals surface area contributed by atoms with Gasteiger partial charge >= 0.3 is 0 Å². The number of aromatic amines is 1. The average Bonchev–Trinajstić information content (AvgIpc) is 2.96. The van der Waals surface area contributed by atoms with Crippen LogP contribution in [0.1, 0.15) is 0 Å². The van der Waals surface area contributed by atoms with Crippen LogP contribution < -0.4 is 5.73 Å². The Kier molecular flexibility index (Phi) is 2.77. The van der Waals surface area contributed by atoms with Gasteiger partial charge in [0.05, 0.1) is 21.2 Å². The second-order valence-corrected chi connectivity index (χ2v) is 5.02. The summed E-state index contributed by atoms with van der Waals surface area (Å²) in [5, 5.41) is 9.65. The number of H-pyrrole nitrogens is 1. The minimum Gasteiger partial charge on any atom is -0.382 e. The van der Waals surface area contributed by atoms with E-state index in [1.807, 2.05) is 23.6 Å². The number of nitrogen functional groups attached to an aromatic ring is 1. The monoisotopic (exact) mass is 276 g/mol. The summed E-state index contributed by atoms with van der Waals surface area (Å²) >= 11 is 7.70. The molecule has 3 N–H and O–H groups in total. The average molecular weight is 277 g/mol. The molecule has 0 radical (unpaired) electrons. The summed E-state index contributed by atoms with van der Waals surface area (Å²) in [5.74, 6) is 0.459. The Hall–Kier alpha value is -1.85. The summed E-state index contributed by atoms with van der Waals surface area (Å²) in [6.45, 7) is 0. The van der Waals surface area contributed by atoms with Crippen LogP contribution in [0.3, 0.4) is 0 Å². The minimum absolute atomic E-state index is 0.459. The van der Waals surface area contributed by atoms with Gasteiger partial charge in [0.1, 0.15) is 0 Å². The van der Waals surface area contributed by atoms with E-state index in [0.717, 1.165) is 21.7 Å². The largest absolute Gasteiger partial charge is 0.382 e. The van der Waals surface area contributed by atoms with Crippen molar-refractivity contribution in [3.8, 4) is 21.7 Å². The van der Waals surface area contributed by atoms with Crippen molar-refractivity contribution in [2.24, 2.45) is 0 Å². The maximum atomic E-state index is 6.15. The molecule has 6 heteroatoms. The predicted octanol–water partition coefficient (Wildman–Crippen LogP) is 3.44. The van der Waals surface area contributed by atoms with Crippen molar-refractivity contribution in [1.29, 1.82) is 0 Å². The molecule has 3 heterocycles. The molecule has 0 amide bonds.